The van der Waals surface area contributed by atoms with Crippen LogP contribution < -0.4 is 5.32 Å². The zero-order valence-corrected chi connectivity index (χ0v) is 8.43. The Labute approximate surface area is 88.7 Å². The monoisotopic (exact) mass is 205 g/mol. The number of carboxylic acid groups (broad SMARTS) is 1. The highest BCUT2D eigenvalue weighted by Crippen LogP contribution is 2.03. The van der Waals surface area contributed by atoms with Crippen LogP contribution in [0.25, 0.3) is 0 Å². The molecule has 4 nitrogen and oxygen atoms in total. The quantitative estimate of drug-likeness (QED) is 0.681. The number of carbonyl (C=O) groups excluding carboxylic acids is 1. The van der Waals surface area contributed by atoms with E-state index in [1.807, 2.05) is 30.3 Å². The summed E-state index contributed by atoms with van der Waals surface area (Å²) in [6, 6.07) is 8.34. The first-order chi connectivity index (χ1) is 7.09. The summed E-state index contributed by atoms with van der Waals surface area (Å²) in [5.41, 5.74) is 0.888. The Kier molecular flexibility index (Phi) is 3.91. The second kappa shape index (κ2) is 5.19. The minimum absolute atomic E-state index is 0.301. The van der Waals surface area contributed by atoms with E-state index in [9.17, 15) is 9.59 Å². The summed E-state index contributed by atoms with van der Waals surface area (Å²) in [4.78, 5) is 21.6. The third kappa shape index (κ3) is 3.85. The Morgan fingerprint density at radius 3 is 2.40 bits per heavy atom. The highest BCUT2D eigenvalue weighted by Gasteiger charge is 2.18. The van der Waals surface area contributed by atoms with Gasteiger partial charge in [0, 0.05) is 6.42 Å². The minimum Gasteiger partial charge on any atom is -0.480 e. The van der Waals surface area contributed by atoms with Gasteiger partial charge in [-0.2, -0.15) is 0 Å². The fourth-order valence-electron chi connectivity index (χ4n) is 1.30. The summed E-state index contributed by atoms with van der Waals surface area (Å²) in [6.45, 7) is 0. The van der Waals surface area contributed by atoms with Crippen molar-refractivity contribution in [3.63, 3.8) is 0 Å². The van der Waals surface area contributed by atoms with Gasteiger partial charge in [-0.3, -0.25) is 4.79 Å². The van der Waals surface area contributed by atoms with Gasteiger partial charge in [0.15, 0.2) is 5.81 Å². The van der Waals surface area contributed by atoms with Crippen molar-refractivity contribution in [3.8, 4) is 0 Å². The fraction of sp³-hybridized carbons (Fsp3) is 0.200. The normalized spacial score (nSPS) is 11.7. The van der Waals surface area contributed by atoms with Crippen LogP contribution in [0.4, 0.5) is 4.79 Å². The van der Waals surface area contributed by atoms with E-state index in [1.54, 1.807) is 0 Å². The number of aliphatic carboxylic acids is 1. The molecule has 0 heterocycles. The van der Waals surface area contributed by atoms with Crippen molar-refractivity contribution >= 4 is 19.6 Å². The van der Waals surface area contributed by atoms with Crippen LogP contribution in [0.1, 0.15) is 5.56 Å². The zero-order valence-electron chi connectivity index (χ0n) is 8.43. The molecule has 1 amide bonds. The number of amides is 1. The summed E-state index contributed by atoms with van der Waals surface area (Å²) in [5.74, 6) is -1.35. The van der Waals surface area contributed by atoms with E-state index in [2.05, 4.69) is 5.32 Å². The highest BCUT2D eigenvalue weighted by molar-refractivity contribution is 6.57. The molecule has 0 saturated heterocycles. The SMILES string of the molecule is BC(=O)NC(Cc1ccccc1)C(=O)O. The van der Waals surface area contributed by atoms with Crippen molar-refractivity contribution in [3.05, 3.63) is 35.9 Å². The van der Waals surface area contributed by atoms with Crippen LogP contribution in [0.15, 0.2) is 30.3 Å². The molecule has 0 saturated carbocycles. The number of hydrogen-bond acceptors (Lipinski definition) is 2. The first kappa shape index (κ1) is 11.3. The van der Waals surface area contributed by atoms with Crippen LogP contribution in [0, 0.1) is 0 Å². The van der Waals surface area contributed by atoms with E-state index in [1.165, 1.54) is 7.85 Å². The lowest BCUT2D eigenvalue weighted by Crippen LogP contribution is -2.41. The van der Waals surface area contributed by atoms with E-state index >= 15 is 0 Å². The molecule has 0 aliphatic carbocycles. The zero-order chi connectivity index (χ0) is 11.3. The van der Waals surface area contributed by atoms with Crippen molar-refractivity contribution in [2.45, 2.75) is 12.5 Å². The molecular weight excluding hydrogens is 193 g/mol. The van der Waals surface area contributed by atoms with Gasteiger partial charge in [-0.1, -0.05) is 30.3 Å². The highest BCUT2D eigenvalue weighted by atomic mass is 16.4. The van der Waals surface area contributed by atoms with Gasteiger partial charge < -0.3 is 10.4 Å². The third-order valence-electron chi connectivity index (χ3n) is 1.96. The molecule has 1 aromatic carbocycles. The molecule has 5 heteroatoms. The maximum Gasteiger partial charge on any atom is 0.326 e. The molecule has 1 rings (SSSR count). The summed E-state index contributed by atoms with van der Waals surface area (Å²) in [7, 11) is 1.31. The van der Waals surface area contributed by atoms with E-state index < -0.39 is 12.0 Å². The van der Waals surface area contributed by atoms with Crippen LogP contribution in [-0.2, 0) is 11.2 Å². The number of benzene rings is 1. The predicted molar refractivity (Wildman–Crippen MR) is 58.6 cm³/mol. The first-order valence-electron chi connectivity index (χ1n) is 4.63. The van der Waals surface area contributed by atoms with Crippen LogP contribution in [0.3, 0.4) is 0 Å². The lowest BCUT2D eigenvalue weighted by Gasteiger charge is -2.13. The third-order valence-corrected chi connectivity index (χ3v) is 1.96. The number of nitrogens with one attached hydrogen (secondary N) is 1. The van der Waals surface area contributed by atoms with Crippen molar-refractivity contribution in [1.82, 2.24) is 5.32 Å². The van der Waals surface area contributed by atoms with E-state index in [0.717, 1.165) is 5.56 Å². The van der Waals surface area contributed by atoms with Gasteiger partial charge in [-0.05, 0) is 5.56 Å². The lowest BCUT2D eigenvalue weighted by molar-refractivity contribution is -0.139. The molecule has 0 aliphatic heterocycles. The van der Waals surface area contributed by atoms with E-state index in [0.29, 0.717) is 6.42 Å². The molecule has 0 fully saturated rings. The second-order valence-corrected chi connectivity index (χ2v) is 3.28. The Morgan fingerprint density at radius 2 is 1.93 bits per heavy atom. The summed E-state index contributed by atoms with van der Waals surface area (Å²) in [6.07, 6.45) is 0.301. The molecule has 15 heavy (non-hydrogen) atoms. The van der Waals surface area contributed by atoms with Crippen molar-refractivity contribution < 1.29 is 14.7 Å². The van der Waals surface area contributed by atoms with Gasteiger partial charge in [0.2, 0.25) is 7.85 Å². The van der Waals surface area contributed by atoms with Gasteiger partial charge in [-0.25, -0.2) is 4.79 Å². The summed E-state index contributed by atoms with van der Waals surface area (Å²) < 4.78 is 0. The molecule has 0 spiro atoms. The number of rotatable bonds is 4. The first-order valence-corrected chi connectivity index (χ1v) is 4.63. The topological polar surface area (TPSA) is 66.4 Å². The largest absolute Gasteiger partial charge is 0.480 e. The van der Waals surface area contributed by atoms with E-state index in [4.69, 9.17) is 5.11 Å². The van der Waals surface area contributed by atoms with Gasteiger partial charge >= 0.3 is 5.97 Å². The fourth-order valence-corrected chi connectivity index (χ4v) is 1.30. The molecular formula is C10H12BNO3. The van der Waals surface area contributed by atoms with E-state index in [-0.39, 0.29) is 5.81 Å². The molecule has 0 radical (unpaired) electrons. The average molecular weight is 205 g/mol. The Hall–Kier alpha value is -1.78. The number of hydrogen-bond donors (Lipinski definition) is 2. The standard InChI is InChI=1S/C10H12BNO3/c11-10(15)12-8(9(13)14)6-7-4-2-1-3-5-7/h1-5,8H,6,11H2,(H,12,15)(H,13,14). The predicted octanol–water partition coefficient (Wildman–Crippen LogP) is 0.0250. The Morgan fingerprint density at radius 1 is 1.33 bits per heavy atom. The maximum absolute atomic E-state index is 10.8. The number of carbonyl (C=O) groups is 2. The van der Waals surface area contributed by atoms with Crippen LogP contribution in [-0.4, -0.2) is 30.8 Å². The van der Waals surface area contributed by atoms with Gasteiger partial charge in [0.05, 0.1) is 0 Å². The summed E-state index contributed by atoms with van der Waals surface area (Å²) >= 11 is 0. The van der Waals surface area contributed by atoms with Crippen LogP contribution >= 0.6 is 0 Å². The molecule has 1 aromatic rings. The van der Waals surface area contributed by atoms with Crippen molar-refractivity contribution in [1.29, 1.82) is 0 Å². The lowest BCUT2D eigenvalue weighted by atomic mass is 10.0. The average Bonchev–Trinajstić information content (AvgIpc) is 2.17. The molecule has 1 atom stereocenters. The number of carboxylic acids is 1. The summed E-state index contributed by atoms with van der Waals surface area (Å²) in [5, 5.41) is 11.3. The smallest absolute Gasteiger partial charge is 0.326 e. The van der Waals surface area contributed by atoms with Gasteiger partial charge in [-0.15, -0.1) is 0 Å². The van der Waals surface area contributed by atoms with Crippen molar-refractivity contribution in [2.24, 2.45) is 0 Å². The molecule has 0 aliphatic rings. The van der Waals surface area contributed by atoms with Gasteiger partial charge in [0.25, 0.3) is 0 Å². The Balaban J connectivity index is 2.67. The second-order valence-electron chi connectivity index (χ2n) is 3.28. The van der Waals surface area contributed by atoms with Gasteiger partial charge in [0.1, 0.15) is 6.04 Å². The minimum atomic E-state index is -1.02. The molecule has 0 aromatic heterocycles. The molecule has 2 N–H and O–H groups in total. The molecule has 0 bridgehead atoms. The van der Waals surface area contributed by atoms with Crippen LogP contribution in [0.5, 0.6) is 0 Å². The molecule has 78 valence electrons. The Bertz CT molecular complexity index is 353. The molecule has 1 unspecified atom stereocenters. The maximum atomic E-state index is 10.8. The van der Waals surface area contributed by atoms with Crippen LogP contribution in [0.2, 0.25) is 0 Å². The van der Waals surface area contributed by atoms with Crippen molar-refractivity contribution in [2.75, 3.05) is 0 Å².